The highest BCUT2D eigenvalue weighted by Gasteiger charge is 2.48. The third-order valence-electron chi connectivity index (χ3n) is 9.83. The highest BCUT2D eigenvalue weighted by Crippen LogP contribution is 2.40. The van der Waals surface area contributed by atoms with Gasteiger partial charge in [0.2, 0.25) is 15.9 Å². The molecule has 2 aliphatic heterocycles. The quantitative estimate of drug-likeness (QED) is 0.104. The molecule has 13 nitrogen and oxygen atoms in total. The Balaban J connectivity index is 0.980. The number of likely N-dealkylation sites (tertiary alicyclic amines) is 1. The molecule has 53 heavy (non-hydrogen) atoms. The van der Waals surface area contributed by atoms with E-state index in [-0.39, 0.29) is 46.2 Å². The molecule has 2 fully saturated rings. The summed E-state index contributed by atoms with van der Waals surface area (Å²) in [6, 6.07) is 10.4. The molecule has 3 aromatic rings. The van der Waals surface area contributed by atoms with Gasteiger partial charge in [-0.25, -0.2) is 27.6 Å². The summed E-state index contributed by atoms with van der Waals surface area (Å²) in [6.45, 7) is 1.52. The molecule has 3 aliphatic rings. The van der Waals surface area contributed by atoms with Crippen LogP contribution in [0.3, 0.4) is 0 Å². The molecule has 2 unspecified atom stereocenters. The van der Waals surface area contributed by atoms with E-state index in [1.807, 2.05) is 18.2 Å². The van der Waals surface area contributed by atoms with Crippen LogP contribution < -0.4 is 20.1 Å². The lowest BCUT2D eigenvalue weighted by atomic mass is 9.84. The second-order valence-electron chi connectivity index (χ2n) is 13.5. The molecule has 6 rings (SSSR count). The second-order valence-corrected chi connectivity index (χ2v) is 18.5. The van der Waals surface area contributed by atoms with Crippen LogP contribution in [0, 0.1) is 5.92 Å². The number of amides is 1. The van der Waals surface area contributed by atoms with Crippen LogP contribution in [-0.2, 0) is 43.1 Å². The number of nitrogens with zero attached hydrogens (tertiary/aromatic N) is 2. The lowest BCUT2D eigenvalue weighted by Crippen LogP contribution is -2.56. The minimum Gasteiger partial charge on any atom is -0.480 e. The van der Waals surface area contributed by atoms with Crippen molar-refractivity contribution in [2.24, 2.45) is 5.92 Å². The van der Waals surface area contributed by atoms with E-state index in [2.05, 4.69) is 37.2 Å². The topological polar surface area (TPSA) is 190 Å². The molecule has 6 atom stereocenters. The Hall–Kier alpha value is -2.90. The number of carboxylic acid groups (broad SMARTS) is 2. The Bertz CT molecular complexity index is 1900. The number of hydrogen-bond acceptors (Lipinski definition) is 12. The molecule has 286 valence electrons. The third-order valence-corrected chi connectivity index (χ3v) is 14.8. The number of aliphatic carboxylic acids is 2. The Labute approximate surface area is 326 Å². The van der Waals surface area contributed by atoms with Gasteiger partial charge >= 0.3 is 11.9 Å². The predicted octanol–water partition coefficient (Wildman–Crippen LogP) is 5.16. The zero-order valence-corrected chi connectivity index (χ0v) is 33.0. The van der Waals surface area contributed by atoms with Gasteiger partial charge in [0.15, 0.2) is 0 Å². The summed E-state index contributed by atoms with van der Waals surface area (Å²) in [6.07, 6.45) is 5.74. The van der Waals surface area contributed by atoms with Crippen LogP contribution in [0.1, 0.15) is 61.7 Å². The van der Waals surface area contributed by atoms with Crippen molar-refractivity contribution in [3.63, 3.8) is 0 Å². The van der Waals surface area contributed by atoms with Crippen molar-refractivity contribution in [3.05, 3.63) is 69.1 Å². The van der Waals surface area contributed by atoms with Gasteiger partial charge in [0, 0.05) is 27.8 Å². The zero-order chi connectivity index (χ0) is 37.7. The summed E-state index contributed by atoms with van der Waals surface area (Å²) < 4.78 is 32.5. The number of thioether (sulfide) groups is 1. The zero-order valence-electron chi connectivity index (χ0n) is 29.0. The molecular weight excluding hydrogens is 780 g/mol. The monoisotopic (exact) mass is 822 g/mol. The molecule has 0 spiro atoms. The summed E-state index contributed by atoms with van der Waals surface area (Å²) in [5, 5.41) is 28.6. The molecule has 0 radical (unpaired) electrons. The van der Waals surface area contributed by atoms with Crippen molar-refractivity contribution in [2.45, 2.75) is 104 Å². The van der Waals surface area contributed by atoms with Gasteiger partial charge in [-0.3, -0.25) is 14.9 Å². The lowest BCUT2D eigenvalue weighted by Gasteiger charge is -2.35. The predicted molar refractivity (Wildman–Crippen MR) is 208 cm³/mol. The van der Waals surface area contributed by atoms with E-state index in [0.717, 1.165) is 44.2 Å². The van der Waals surface area contributed by atoms with Gasteiger partial charge in [0.25, 0.3) is 0 Å². The molecule has 6 N–H and O–H groups in total. The average Bonchev–Trinajstić information content (AvgIpc) is 3.77. The normalized spacial score (nSPS) is 22.3. The largest absolute Gasteiger partial charge is 0.480 e. The van der Waals surface area contributed by atoms with Crippen molar-refractivity contribution in [2.75, 3.05) is 11.1 Å². The van der Waals surface area contributed by atoms with E-state index in [0.29, 0.717) is 27.8 Å². The highest BCUT2D eigenvalue weighted by molar-refractivity contribution is 7.98. The summed E-state index contributed by atoms with van der Waals surface area (Å²) in [5.41, 5.74) is 2.50. The Morgan fingerprint density at radius 3 is 2.68 bits per heavy atom. The fourth-order valence-electron chi connectivity index (χ4n) is 7.17. The number of fused-ring (bicyclic) bond motifs is 2. The summed E-state index contributed by atoms with van der Waals surface area (Å²) >= 11 is 10.5. The SMILES string of the molecule is C[C@H](NC(CSCc1nc(CNS(=O)(=O)c2cc3c(cc2Cl)NC(CCc2ccccc2)NS3)cs1)C(=O)O)C(=O)N1[C@@H]2CCCC[C@@H]2C[C@H]1C(=O)O. The molecule has 1 saturated carbocycles. The van der Waals surface area contributed by atoms with Gasteiger partial charge in [-0.15, -0.1) is 11.3 Å². The first-order valence-corrected chi connectivity index (χ1v) is 22.2. The van der Waals surface area contributed by atoms with Crippen LogP contribution in [0.5, 0.6) is 0 Å². The van der Waals surface area contributed by atoms with Crippen molar-refractivity contribution in [1.29, 1.82) is 0 Å². The molecular formula is C35H43ClN6O7S4. The molecule has 0 bridgehead atoms. The number of halogens is 1. The van der Waals surface area contributed by atoms with Crippen molar-refractivity contribution in [3.8, 4) is 0 Å². The van der Waals surface area contributed by atoms with Gasteiger partial charge < -0.3 is 20.4 Å². The number of carbonyl (C=O) groups is 3. The number of aryl methyl sites for hydroxylation is 1. The fraction of sp³-hybridized carbons (Fsp3) is 0.486. The standard InChI is InChI=1S/C35H43ClN6O7S4/c1-20(33(43)42-27-10-6-5-9-22(27)13-28(42)35(46)47)38-26(34(44)45)18-50-19-32-39-23(17-51-32)16-37-53(48,49)30-15-29-25(14-24(30)36)40-31(41-52-29)12-11-21-7-3-2-4-8-21/h2-4,7-8,14-15,17,20,22,26-28,31,37-38,40-41H,5-6,9-13,16,18-19H2,1H3,(H,44,45)(H,46,47)/t20-,22+,26?,27+,28-,31?/m0/s1. The Morgan fingerprint density at radius 2 is 1.92 bits per heavy atom. The highest BCUT2D eigenvalue weighted by atomic mass is 35.5. The molecule has 18 heteroatoms. The summed E-state index contributed by atoms with van der Waals surface area (Å²) in [5.74, 6) is -1.86. The molecule has 1 saturated heterocycles. The minimum atomic E-state index is -3.98. The van der Waals surface area contributed by atoms with Gasteiger partial charge in [0.05, 0.1) is 35.2 Å². The second kappa shape index (κ2) is 17.7. The first-order valence-electron chi connectivity index (χ1n) is 17.5. The van der Waals surface area contributed by atoms with E-state index in [1.54, 1.807) is 24.4 Å². The molecule has 1 aromatic heterocycles. The van der Waals surface area contributed by atoms with E-state index < -0.39 is 40.1 Å². The maximum absolute atomic E-state index is 13.5. The maximum Gasteiger partial charge on any atom is 0.326 e. The number of anilines is 1. The maximum atomic E-state index is 13.5. The first-order chi connectivity index (χ1) is 25.4. The van der Waals surface area contributed by atoms with Crippen LogP contribution in [0.25, 0.3) is 0 Å². The van der Waals surface area contributed by atoms with Crippen LogP contribution in [0.15, 0.2) is 57.6 Å². The number of carbonyl (C=O) groups excluding carboxylic acids is 1. The van der Waals surface area contributed by atoms with Crippen molar-refractivity contribution >= 4 is 80.2 Å². The molecule has 3 heterocycles. The average molecular weight is 823 g/mol. The van der Waals surface area contributed by atoms with E-state index in [9.17, 15) is 33.0 Å². The molecule has 2 aromatic carbocycles. The Kier molecular flexibility index (Phi) is 13.3. The third kappa shape index (κ3) is 9.86. The fourth-order valence-corrected chi connectivity index (χ4v) is 11.6. The van der Waals surface area contributed by atoms with Gasteiger partial charge in [-0.05, 0) is 74.6 Å². The lowest BCUT2D eigenvalue weighted by molar-refractivity contribution is -0.151. The van der Waals surface area contributed by atoms with E-state index in [1.165, 1.54) is 45.5 Å². The molecule has 1 aliphatic carbocycles. The number of benzene rings is 2. The Morgan fingerprint density at radius 1 is 1.15 bits per heavy atom. The smallest absolute Gasteiger partial charge is 0.326 e. The number of aromatic nitrogens is 1. The summed E-state index contributed by atoms with van der Waals surface area (Å²) in [4.78, 5) is 44.3. The van der Waals surface area contributed by atoms with E-state index in [4.69, 9.17) is 11.6 Å². The summed E-state index contributed by atoms with van der Waals surface area (Å²) in [7, 11) is -3.98. The number of thiazole rings is 1. The van der Waals surface area contributed by atoms with Crippen LogP contribution in [-0.4, -0.2) is 82.4 Å². The van der Waals surface area contributed by atoms with Crippen molar-refractivity contribution in [1.82, 2.24) is 24.6 Å². The number of hydrogen-bond donors (Lipinski definition) is 6. The minimum absolute atomic E-state index is 0.0156. The van der Waals surface area contributed by atoms with Crippen LogP contribution in [0.2, 0.25) is 5.02 Å². The number of nitrogens with one attached hydrogen (secondary N) is 4. The van der Waals surface area contributed by atoms with E-state index >= 15 is 0 Å². The number of carboxylic acids is 2. The molecule has 1 amide bonds. The van der Waals surface area contributed by atoms with Gasteiger partial charge in [-0.1, -0.05) is 54.8 Å². The van der Waals surface area contributed by atoms with Gasteiger partial charge in [-0.2, -0.15) is 11.8 Å². The van der Waals surface area contributed by atoms with Crippen molar-refractivity contribution < 1.29 is 33.0 Å². The van der Waals surface area contributed by atoms with Crippen LogP contribution >= 0.6 is 46.6 Å². The number of rotatable bonds is 16. The van der Waals surface area contributed by atoms with Crippen LogP contribution in [0.4, 0.5) is 5.69 Å². The first kappa shape index (κ1) is 39.8. The van der Waals surface area contributed by atoms with Gasteiger partial charge in [0.1, 0.15) is 22.0 Å². The number of sulfonamides is 1.